The average Bonchev–Trinajstić information content (AvgIpc) is 2.39. The highest BCUT2D eigenvalue weighted by Gasteiger charge is 2.18. The van der Waals surface area contributed by atoms with Gasteiger partial charge in [0.2, 0.25) is 5.91 Å². The summed E-state index contributed by atoms with van der Waals surface area (Å²) in [6, 6.07) is 6.25. The molecule has 4 nitrogen and oxygen atoms in total. The van der Waals surface area contributed by atoms with Crippen LogP contribution in [-0.2, 0) is 14.6 Å². The summed E-state index contributed by atoms with van der Waals surface area (Å²) in [6.45, 7) is 0. The van der Waals surface area contributed by atoms with Crippen LogP contribution in [0, 0.1) is 5.92 Å². The number of hydrogen-bond acceptors (Lipinski definition) is 3. The normalized spacial score (nSPS) is 19.1. The van der Waals surface area contributed by atoms with E-state index in [9.17, 15) is 13.2 Å². The Labute approximate surface area is 113 Å². The first-order chi connectivity index (χ1) is 8.97. The molecule has 1 N–H and O–H groups in total. The highest BCUT2D eigenvalue weighted by atomic mass is 32.2. The molecule has 1 unspecified atom stereocenters. The number of carbonyl (C=O) groups is 1. The second kappa shape index (κ2) is 5.57. The molecule has 2 rings (SSSR count). The Balaban J connectivity index is 2.03. The average molecular weight is 279 g/mol. The fourth-order valence-electron chi connectivity index (χ4n) is 2.06. The molecular weight excluding hydrogens is 262 g/mol. The molecule has 0 fully saturated rings. The van der Waals surface area contributed by atoms with Gasteiger partial charge in [0.05, 0.1) is 4.90 Å². The van der Waals surface area contributed by atoms with Crippen LogP contribution in [0.15, 0.2) is 41.3 Å². The van der Waals surface area contributed by atoms with E-state index in [1.54, 1.807) is 12.1 Å². The van der Waals surface area contributed by atoms with Crippen LogP contribution in [-0.4, -0.2) is 20.6 Å². The summed E-state index contributed by atoms with van der Waals surface area (Å²) < 4.78 is 22.6. The Morgan fingerprint density at radius 2 is 1.89 bits per heavy atom. The first-order valence-electron chi connectivity index (χ1n) is 6.23. The van der Waals surface area contributed by atoms with Gasteiger partial charge in [-0.25, -0.2) is 8.42 Å². The van der Waals surface area contributed by atoms with Crippen LogP contribution in [0.4, 0.5) is 5.69 Å². The van der Waals surface area contributed by atoms with Crippen molar-refractivity contribution < 1.29 is 13.2 Å². The number of benzene rings is 1. The van der Waals surface area contributed by atoms with Crippen molar-refractivity contribution in [3.8, 4) is 0 Å². The molecule has 0 saturated heterocycles. The molecule has 0 heterocycles. The summed E-state index contributed by atoms with van der Waals surface area (Å²) in [4.78, 5) is 12.2. The van der Waals surface area contributed by atoms with E-state index in [4.69, 9.17) is 0 Å². The molecule has 1 aliphatic rings. The van der Waals surface area contributed by atoms with Gasteiger partial charge >= 0.3 is 0 Å². The van der Waals surface area contributed by atoms with Crippen LogP contribution in [0.3, 0.4) is 0 Å². The number of carbonyl (C=O) groups excluding carboxylic acids is 1. The third-order valence-corrected chi connectivity index (χ3v) is 4.32. The van der Waals surface area contributed by atoms with Crippen LogP contribution in [0.5, 0.6) is 0 Å². The monoisotopic (exact) mass is 279 g/mol. The smallest absolute Gasteiger partial charge is 0.227 e. The highest BCUT2D eigenvalue weighted by molar-refractivity contribution is 7.90. The molecule has 0 aromatic heterocycles. The predicted octanol–water partition coefficient (Wildman–Crippen LogP) is 2.38. The minimum atomic E-state index is -3.19. The number of rotatable bonds is 3. The van der Waals surface area contributed by atoms with Crippen molar-refractivity contribution in [1.82, 2.24) is 0 Å². The maximum absolute atomic E-state index is 12.0. The van der Waals surface area contributed by atoms with E-state index in [0.717, 1.165) is 25.5 Å². The zero-order valence-electron chi connectivity index (χ0n) is 10.8. The summed E-state index contributed by atoms with van der Waals surface area (Å²) >= 11 is 0. The van der Waals surface area contributed by atoms with E-state index in [2.05, 4.69) is 11.4 Å². The lowest BCUT2D eigenvalue weighted by molar-refractivity contribution is -0.120. The second-order valence-electron chi connectivity index (χ2n) is 4.77. The van der Waals surface area contributed by atoms with Crippen molar-refractivity contribution in [2.24, 2.45) is 5.92 Å². The Morgan fingerprint density at radius 3 is 2.42 bits per heavy atom. The maximum atomic E-state index is 12.0. The van der Waals surface area contributed by atoms with Gasteiger partial charge in [0.1, 0.15) is 0 Å². The molecule has 1 aromatic carbocycles. The first kappa shape index (κ1) is 13.8. The van der Waals surface area contributed by atoms with Gasteiger partial charge in [-0.15, -0.1) is 0 Å². The molecule has 0 bridgehead atoms. The third-order valence-electron chi connectivity index (χ3n) is 3.19. The van der Waals surface area contributed by atoms with Crippen molar-refractivity contribution in [3.05, 3.63) is 36.4 Å². The van der Waals surface area contributed by atoms with Crippen LogP contribution in [0.1, 0.15) is 19.3 Å². The van der Waals surface area contributed by atoms with Gasteiger partial charge in [-0.3, -0.25) is 4.79 Å². The summed E-state index contributed by atoms with van der Waals surface area (Å²) in [7, 11) is -3.19. The van der Waals surface area contributed by atoms with Gasteiger partial charge in [0.25, 0.3) is 0 Å². The Kier molecular flexibility index (Phi) is 4.04. The minimum Gasteiger partial charge on any atom is -0.326 e. The highest BCUT2D eigenvalue weighted by Crippen LogP contribution is 2.21. The minimum absolute atomic E-state index is 0.00328. The number of allylic oxidation sites excluding steroid dienone is 2. The van der Waals surface area contributed by atoms with E-state index in [1.807, 2.05) is 6.08 Å². The van der Waals surface area contributed by atoms with Crippen molar-refractivity contribution in [2.75, 3.05) is 11.6 Å². The molecule has 0 spiro atoms. The molecule has 102 valence electrons. The number of nitrogens with one attached hydrogen (secondary N) is 1. The molecule has 1 amide bonds. The molecule has 0 aliphatic heterocycles. The lowest BCUT2D eigenvalue weighted by Crippen LogP contribution is -2.23. The standard InChI is InChI=1S/C14H17NO3S/c1-19(17,18)13-9-7-12(8-10-13)15-14(16)11-5-3-2-4-6-11/h2-3,7-11H,4-6H2,1H3,(H,15,16). The summed E-state index contributed by atoms with van der Waals surface area (Å²) in [5.74, 6) is 0.0102. The molecule has 1 aliphatic carbocycles. The van der Waals surface area contributed by atoms with Crippen molar-refractivity contribution >= 4 is 21.4 Å². The van der Waals surface area contributed by atoms with E-state index in [0.29, 0.717) is 5.69 Å². The largest absolute Gasteiger partial charge is 0.326 e. The summed E-state index contributed by atoms with van der Waals surface area (Å²) in [5, 5.41) is 2.82. The number of anilines is 1. The van der Waals surface area contributed by atoms with E-state index < -0.39 is 9.84 Å². The maximum Gasteiger partial charge on any atom is 0.227 e. The fourth-order valence-corrected chi connectivity index (χ4v) is 2.69. The summed E-state index contributed by atoms with van der Waals surface area (Å²) in [6.07, 6.45) is 7.85. The van der Waals surface area contributed by atoms with Crippen LogP contribution >= 0.6 is 0 Å². The zero-order valence-corrected chi connectivity index (χ0v) is 11.6. The first-order valence-corrected chi connectivity index (χ1v) is 8.12. The molecule has 1 atom stereocenters. The van der Waals surface area contributed by atoms with Gasteiger partial charge in [-0.2, -0.15) is 0 Å². The van der Waals surface area contributed by atoms with Gasteiger partial charge < -0.3 is 5.32 Å². The van der Waals surface area contributed by atoms with E-state index in [-0.39, 0.29) is 16.7 Å². The molecule has 0 saturated carbocycles. The number of amides is 1. The molecule has 0 radical (unpaired) electrons. The Hall–Kier alpha value is -1.62. The van der Waals surface area contributed by atoms with E-state index >= 15 is 0 Å². The summed E-state index contributed by atoms with van der Waals surface area (Å²) in [5.41, 5.74) is 0.631. The molecule has 19 heavy (non-hydrogen) atoms. The predicted molar refractivity (Wildman–Crippen MR) is 74.7 cm³/mol. The topological polar surface area (TPSA) is 63.2 Å². The lowest BCUT2D eigenvalue weighted by Gasteiger charge is -2.17. The number of sulfone groups is 1. The second-order valence-corrected chi connectivity index (χ2v) is 6.78. The zero-order chi connectivity index (χ0) is 13.9. The van der Waals surface area contributed by atoms with Crippen molar-refractivity contribution in [1.29, 1.82) is 0 Å². The Bertz CT molecular complexity index is 588. The molecule has 5 heteroatoms. The van der Waals surface area contributed by atoms with Crippen molar-refractivity contribution in [2.45, 2.75) is 24.2 Å². The van der Waals surface area contributed by atoms with Gasteiger partial charge in [-0.1, -0.05) is 12.2 Å². The fraction of sp³-hybridized carbons (Fsp3) is 0.357. The number of hydrogen-bond donors (Lipinski definition) is 1. The van der Waals surface area contributed by atoms with Crippen LogP contribution < -0.4 is 5.32 Å². The van der Waals surface area contributed by atoms with Crippen molar-refractivity contribution in [3.63, 3.8) is 0 Å². The third kappa shape index (κ3) is 3.67. The SMILES string of the molecule is CS(=O)(=O)c1ccc(NC(=O)C2CC=CCC2)cc1. The van der Waals surface area contributed by atoms with Gasteiger partial charge in [-0.05, 0) is 43.5 Å². The van der Waals surface area contributed by atoms with Crippen LogP contribution in [0.25, 0.3) is 0 Å². The van der Waals surface area contributed by atoms with Gasteiger partial charge in [0.15, 0.2) is 9.84 Å². The lowest BCUT2D eigenvalue weighted by atomic mass is 9.93. The molecular formula is C14H17NO3S. The van der Waals surface area contributed by atoms with E-state index in [1.165, 1.54) is 12.1 Å². The van der Waals surface area contributed by atoms with Gasteiger partial charge in [0, 0.05) is 17.9 Å². The Morgan fingerprint density at radius 1 is 1.21 bits per heavy atom. The van der Waals surface area contributed by atoms with Crippen LogP contribution in [0.2, 0.25) is 0 Å². The molecule has 1 aromatic rings. The quantitative estimate of drug-likeness (QED) is 0.864.